The topological polar surface area (TPSA) is 51.0 Å². The summed E-state index contributed by atoms with van der Waals surface area (Å²) in [4.78, 5) is 4.44. The van der Waals surface area contributed by atoms with Crippen molar-refractivity contribution in [3.05, 3.63) is 53.5 Å². The van der Waals surface area contributed by atoms with Gasteiger partial charge >= 0.3 is 0 Å². The molecule has 0 aliphatic heterocycles. The van der Waals surface area contributed by atoms with Crippen LogP contribution >= 0.6 is 11.3 Å². The molecule has 0 atom stereocenters. The van der Waals surface area contributed by atoms with Crippen molar-refractivity contribution in [3.63, 3.8) is 0 Å². The largest absolute Gasteiger partial charge is 0.364 e. The lowest BCUT2D eigenvalue weighted by Crippen LogP contribution is -1.98. The zero-order valence-electron chi connectivity index (χ0n) is 9.84. The van der Waals surface area contributed by atoms with Gasteiger partial charge in [0.2, 0.25) is 0 Å². The normalized spacial score (nSPS) is 10.6. The zero-order chi connectivity index (χ0) is 13.1. The summed E-state index contributed by atoms with van der Waals surface area (Å²) in [5.74, 6) is -0.247. The Morgan fingerprint density at radius 3 is 2.79 bits per heavy atom. The minimum atomic E-state index is -0.247. The smallest absolute Gasteiger partial charge is 0.183 e. The number of rotatable bonds is 4. The molecular formula is C13H10FN3OS. The minimum Gasteiger partial charge on any atom is -0.364 e. The van der Waals surface area contributed by atoms with Gasteiger partial charge in [-0.1, -0.05) is 5.16 Å². The first-order chi connectivity index (χ1) is 9.31. The summed E-state index contributed by atoms with van der Waals surface area (Å²) in [6, 6.07) is 8.08. The van der Waals surface area contributed by atoms with Gasteiger partial charge in [0, 0.05) is 17.0 Å². The van der Waals surface area contributed by atoms with Gasteiger partial charge in [0.1, 0.15) is 17.8 Å². The quantitative estimate of drug-likeness (QED) is 0.791. The highest BCUT2D eigenvalue weighted by molar-refractivity contribution is 7.14. The fourth-order valence-electron chi connectivity index (χ4n) is 1.60. The van der Waals surface area contributed by atoms with Crippen molar-refractivity contribution >= 4 is 16.5 Å². The Hall–Kier alpha value is -2.21. The van der Waals surface area contributed by atoms with Crippen LogP contribution in [0.2, 0.25) is 0 Å². The molecule has 6 heteroatoms. The molecule has 0 aliphatic carbocycles. The molecule has 4 nitrogen and oxygen atoms in total. The molecule has 1 aromatic carbocycles. The molecule has 3 aromatic rings. The predicted molar refractivity (Wildman–Crippen MR) is 71.3 cm³/mol. The highest BCUT2D eigenvalue weighted by Crippen LogP contribution is 2.25. The zero-order valence-corrected chi connectivity index (χ0v) is 10.7. The molecule has 0 saturated heterocycles. The lowest BCUT2D eigenvalue weighted by atomic mass is 10.2. The average molecular weight is 275 g/mol. The van der Waals surface area contributed by atoms with Crippen molar-refractivity contribution in [3.8, 4) is 11.3 Å². The number of nitrogens with one attached hydrogen (secondary N) is 1. The van der Waals surface area contributed by atoms with Crippen molar-refractivity contribution in [2.45, 2.75) is 6.54 Å². The van der Waals surface area contributed by atoms with E-state index in [-0.39, 0.29) is 5.82 Å². The molecule has 0 amide bonds. The Bertz CT molecular complexity index is 649. The van der Waals surface area contributed by atoms with Gasteiger partial charge in [-0.3, -0.25) is 0 Å². The third kappa shape index (κ3) is 2.79. The molecule has 0 fully saturated rings. The molecule has 0 saturated carbocycles. The lowest BCUT2D eigenvalue weighted by molar-refractivity contribution is 0.412. The van der Waals surface area contributed by atoms with E-state index in [1.807, 2.05) is 5.38 Å². The number of nitrogens with zero attached hydrogens (tertiary/aromatic N) is 2. The molecule has 0 radical (unpaired) electrons. The highest BCUT2D eigenvalue weighted by atomic mass is 32.1. The molecule has 2 aromatic heterocycles. The van der Waals surface area contributed by atoms with Crippen LogP contribution < -0.4 is 5.32 Å². The lowest BCUT2D eigenvalue weighted by Gasteiger charge is -1.98. The summed E-state index contributed by atoms with van der Waals surface area (Å²) in [6.07, 6.45) is 1.53. The molecule has 0 spiro atoms. The molecule has 2 heterocycles. The van der Waals surface area contributed by atoms with E-state index in [9.17, 15) is 4.39 Å². The number of benzene rings is 1. The van der Waals surface area contributed by atoms with Crippen LogP contribution in [0.3, 0.4) is 0 Å². The summed E-state index contributed by atoms with van der Waals surface area (Å²) in [6.45, 7) is 0.562. The molecule has 0 aliphatic rings. The number of hydrogen-bond donors (Lipinski definition) is 1. The Balaban J connectivity index is 1.70. The Labute approximate surface area is 112 Å². The van der Waals surface area contributed by atoms with Gasteiger partial charge in [0.05, 0.1) is 12.2 Å². The second-order valence-electron chi connectivity index (χ2n) is 3.89. The van der Waals surface area contributed by atoms with E-state index in [1.165, 1.54) is 29.7 Å². The molecule has 3 rings (SSSR count). The van der Waals surface area contributed by atoms with E-state index < -0.39 is 0 Å². The van der Waals surface area contributed by atoms with Gasteiger partial charge < -0.3 is 9.84 Å². The Morgan fingerprint density at radius 1 is 1.21 bits per heavy atom. The van der Waals surface area contributed by atoms with Crippen molar-refractivity contribution in [1.29, 1.82) is 0 Å². The van der Waals surface area contributed by atoms with Crippen LogP contribution in [0.1, 0.15) is 5.69 Å². The van der Waals surface area contributed by atoms with Crippen molar-refractivity contribution in [2.75, 3.05) is 5.32 Å². The summed E-state index contributed by atoms with van der Waals surface area (Å²) in [7, 11) is 0. The second kappa shape index (κ2) is 5.19. The maximum Gasteiger partial charge on any atom is 0.183 e. The third-order valence-corrected chi connectivity index (χ3v) is 3.36. The predicted octanol–water partition coefficient (Wildman–Crippen LogP) is 3.55. The third-order valence-electron chi connectivity index (χ3n) is 2.56. The van der Waals surface area contributed by atoms with Crippen LogP contribution in [0.5, 0.6) is 0 Å². The van der Waals surface area contributed by atoms with E-state index in [2.05, 4.69) is 15.5 Å². The van der Waals surface area contributed by atoms with Crippen LogP contribution in [0.25, 0.3) is 11.3 Å². The molecule has 0 bridgehead atoms. The van der Waals surface area contributed by atoms with Crippen LogP contribution in [-0.2, 0) is 6.54 Å². The van der Waals surface area contributed by atoms with E-state index >= 15 is 0 Å². The Kier molecular flexibility index (Phi) is 3.24. The SMILES string of the molecule is Fc1ccc(-c2csc(NCc3ccon3)n2)cc1. The molecule has 1 N–H and O–H groups in total. The van der Waals surface area contributed by atoms with Crippen molar-refractivity contribution in [1.82, 2.24) is 10.1 Å². The van der Waals surface area contributed by atoms with E-state index in [0.29, 0.717) is 6.54 Å². The fraction of sp³-hybridized carbons (Fsp3) is 0.0769. The molecular weight excluding hydrogens is 265 g/mol. The number of aromatic nitrogens is 2. The van der Waals surface area contributed by atoms with E-state index in [4.69, 9.17) is 4.52 Å². The van der Waals surface area contributed by atoms with E-state index in [0.717, 1.165) is 22.1 Å². The average Bonchev–Trinajstić information content (AvgIpc) is 3.09. The maximum atomic E-state index is 12.8. The standard InChI is InChI=1S/C13H10FN3OS/c14-10-3-1-9(2-4-10)12-8-19-13(16-12)15-7-11-5-6-18-17-11/h1-6,8H,7H2,(H,15,16). The first-order valence-corrected chi connectivity index (χ1v) is 6.54. The summed E-state index contributed by atoms with van der Waals surface area (Å²) in [5, 5.41) is 9.69. The molecule has 0 unspecified atom stereocenters. The minimum absolute atomic E-state index is 0.247. The van der Waals surface area contributed by atoms with Gasteiger partial charge in [-0.15, -0.1) is 11.3 Å². The van der Waals surface area contributed by atoms with Gasteiger partial charge in [0.25, 0.3) is 0 Å². The maximum absolute atomic E-state index is 12.8. The van der Waals surface area contributed by atoms with Crippen LogP contribution in [0, 0.1) is 5.82 Å². The number of thiazole rings is 1. The molecule has 19 heavy (non-hydrogen) atoms. The van der Waals surface area contributed by atoms with Crippen LogP contribution in [0.4, 0.5) is 9.52 Å². The Morgan fingerprint density at radius 2 is 2.05 bits per heavy atom. The highest BCUT2D eigenvalue weighted by Gasteiger charge is 2.05. The summed E-state index contributed by atoms with van der Waals surface area (Å²) in [5.41, 5.74) is 2.54. The van der Waals surface area contributed by atoms with Gasteiger partial charge in [-0.25, -0.2) is 9.37 Å². The van der Waals surface area contributed by atoms with E-state index in [1.54, 1.807) is 18.2 Å². The fourth-order valence-corrected chi connectivity index (χ4v) is 2.32. The van der Waals surface area contributed by atoms with Gasteiger partial charge in [-0.2, -0.15) is 0 Å². The summed E-state index contributed by atoms with van der Waals surface area (Å²) >= 11 is 1.50. The first-order valence-electron chi connectivity index (χ1n) is 5.66. The second-order valence-corrected chi connectivity index (χ2v) is 4.75. The number of halogens is 1. The van der Waals surface area contributed by atoms with Gasteiger partial charge in [0.15, 0.2) is 5.13 Å². The van der Waals surface area contributed by atoms with Crippen LogP contribution in [-0.4, -0.2) is 10.1 Å². The molecule has 96 valence electrons. The number of hydrogen-bond acceptors (Lipinski definition) is 5. The monoisotopic (exact) mass is 275 g/mol. The first kappa shape index (κ1) is 11.9. The number of anilines is 1. The van der Waals surface area contributed by atoms with Gasteiger partial charge in [-0.05, 0) is 24.3 Å². The summed E-state index contributed by atoms with van der Waals surface area (Å²) < 4.78 is 17.6. The van der Waals surface area contributed by atoms with Crippen molar-refractivity contribution < 1.29 is 8.91 Å². The van der Waals surface area contributed by atoms with Crippen molar-refractivity contribution in [2.24, 2.45) is 0 Å². The van der Waals surface area contributed by atoms with Crippen LogP contribution in [0.15, 0.2) is 46.5 Å².